The monoisotopic (exact) mass is 458 g/mol. The molecule has 1 unspecified atom stereocenters. The lowest BCUT2D eigenvalue weighted by atomic mass is 9.97. The molecule has 1 aliphatic heterocycles. The zero-order valence-electron chi connectivity index (χ0n) is 16.9. The lowest BCUT2D eigenvalue weighted by molar-refractivity contribution is 0.0733. The van der Waals surface area contributed by atoms with Gasteiger partial charge in [0.15, 0.2) is 0 Å². The molecule has 1 N–H and O–H groups in total. The number of hydrogen-bond acceptors (Lipinski definition) is 1. The number of hydrogen-bond donors (Lipinski definition) is 1. The summed E-state index contributed by atoms with van der Waals surface area (Å²) in [7, 11) is 0. The Morgan fingerprint density at radius 2 is 1.80 bits per heavy atom. The van der Waals surface area contributed by atoms with Crippen LogP contribution >= 0.6 is 15.9 Å². The standard InChI is InChI=1S/C26H23BrN2O/c1-17-16-19(13-14-21(17)27)26(30)29-15-7-12-23(29)25-24(18-8-3-2-4-9-18)20-10-5-6-11-22(20)28-25/h2-6,8-11,13-14,16,23,28H,7,12,15H2,1H3. The Balaban J connectivity index is 1.61. The molecule has 1 aliphatic rings. The summed E-state index contributed by atoms with van der Waals surface area (Å²) in [5.41, 5.74) is 6.48. The number of aromatic nitrogens is 1. The van der Waals surface area contributed by atoms with Crippen molar-refractivity contribution in [2.45, 2.75) is 25.8 Å². The van der Waals surface area contributed by atoms with Gasteiger partial charge in [-0.25, -0.2) is 0 Å². The number of likely N-dealkylation sites (tertiary alicyclic amines) is 1. The molecule has 1 fully saturated rings. The Kier molecular flexibility index (Phi) is 4.95. The van der Waals surface area contributed by atoms with Crippen LogP contribution in [0.4, 0.5) is 0 Å². The predicted molar refractivity (Wildman–Crippen MR) is 126 cm³/mol. The molecular weight excluding hydrogens is 436 g/mol. The number of para-hydroxylation sites is 1. The van der Waals surface area contributed by atoms with Gasteiger partial charge in [-0.15, -0.1) is 0 Å². The summed E-state index contributed by atoms with van der Waals surface area (Å²) >= 11 is 3.54. The number of aromatic amines is 1. The molecular formula is C26H23BrN2O. The SMILES string of the molecule is Cc1cc(C(=O)N2CCCC2c2[nH]c3ccccc3c2-c2ccccc2)ccc1Br. The molecule has 30 heavy (non-hydrogen) atoms. The first-order valence-corrected chi connectivity index (χ1v) is 11.2. The van der Waals surface area contributed by atoms with Crippen LogP contribution in [0.25, 0.3) is 22.0 Å². The fourth-order valence-electron chi connectivity index (χ4n) is 4.58. The van der Waals surface area contributed by atoms with Gasteiger partial charge in [0.2, 0.25) is 0 Å². The first-order chi connectivity index (χ1) is 14.6. The molecule has 1 amide bonds. The Labute approximate surface area is 184 Å². The van der Waals surface area contributed by atoms with Crippen LogP contribution in [0.1, 0.15) is 40.5 Å². The molecule has 2 heterocycles. The predicted octanol–water partition coefficient (Wildman–Crippen LogP) is 6.88. The van der Waals surface area contributed by atoms with E-state index in [1.165, 1.54) is 16.5 Å². The molecule has 0 spiro atoms. The lowest BCUT2D eigenvalue weighted by Gasteiger charge is -2.25. The Morgan fingerprint density at radius 1 is 1.03 bits per heavy atom. The van der Waals surface area contributed by atoms with Gasteiger partial charge in [0.1, 0.15) is 0 Å². The number of carbonyl (C=O) groups is 1. The summed E-state index contributed by atoms with van der Waals surface area (Å²) in [4.78, 5) is 19.2. The van der Waals surface area contributed by atoms with Crippen LogP contribution < -0.4 is 0 Å². The van der Waals surface area contributed by atoms with Crippen molar-refractivity contribution in [3.8, 4) is 11.1 Å². The number of aryl methyl sites for hydroxylation is 1. The molecule has 1 aromatic heterocycles. The van der Waals surface area contributed by atoms with E-state index in [-0.39, 0.29) is 11.9 Å². The molecule has 5 rings (SSSR count). The quantitative estimate of drug-likeness (QED) is 0.356. The van der Waals surface area contributed by atoms with Crippen molar-refractivity contribution in [3.63, 3.8) is 0 Å². The van der Waals surface area contributed by atoms with Crippen molar-refractivity contribution in [2.75, 3.05) is 6.54 Å². The molecule has 4 heteroatoms. The minimum Gasteiger partial charge on any atom is -0.356 e. The third kappa shape index (κ3) is 3.25. The number of halogens is 1. The van der Waals surface area contributed by atoms with Crippen LogP contribution in [0, 0.1) is 6.92 Å². The highest BCUT2D eigenvalue weighted by molar-refractivity contribution is 9.10. The Morgan fingerprint density at radius 3 is 2.60 bits per heavy atom. The summed E-state index contributed by atoms with van der Waals surface area (Å²) in [5.74, 6) is 0.103. The van der Waals surface area contributed by atoms with E-state index < -0.39 is 0 Å². The van der Waals surface area contributed by atoms with Crippen LogP contribution in [0.2, 0.25) is 0 Å². The van der Waals surface area contributed by atoms with E-state index in [2.05, 4.69) is 69.4 Å². The maximum absolute atomic E-state index is 13.5. The van der Waals surface area contributed by atoms with Gasteiger partial charge in [0, 0.05) is 38.7 Å². The summed E-state index contributed by atoms with van der Waals surface area (Å²) in [6.45, 7) is 2.80. The second kappa shape index (κ2) is 7.77. The minimum atomic E-state index is 0.0454. The molecule has 1 saturated heterocycles. The van der Waals surface area contributed by atoms with Crippen molar-refractivity contribution in [1.82, 2.24) is 9.88 Å². The van der Waals surface area contributed by atoms with Crippen molar-refractivity contribution in [2.24, 2.45) is 0 Å². The lowest BCUT2D eigenvalue weighted by Crippen LogP contribution is -2.31. The largest absolute Gasteiger partial charge is 0.356 e. The highest BCUT2D eigenvalue weighted by atomic mass is 79.9. The fourth-order valence-corrected chi connectivity index (χ4v) is 4.83. The summed E-state index contributed by atoms with van der Waals surface area (Å²) in [6.07, 6.45) is 1.98. The number of nitrogens with zero attached hydrogens (tertiary/aromatic N) is 1. The molecule has 0 aliphatic carbocycles. The molecule has 4 aromatic rings. The minimum absolute atomic E-state index is 0.0454. The summed E-state index contributed by atoms with van der Waals surface area (Å²) in [6, 6.07) is 24.8. The van der Waals surface area contributed by atoms with Crippen LogP contribution in [-0.4, -0.2) is 22.3 Å². The van der Waals surface area contributed by atoms with E-state index in [9.17, 15) is 4.79 Å². The number of H-pyrrole nitrogens is 1. The van der Waals surface area contributed by atoms with Gasteiger partial charge in [0.05, 0.1) is 6.04 Å². The topological polar surface area (TPSA) is 36.1 Å². The average molecular weight is 459 g/mol. The molecule has 0 bridgehead atoms. The van der Waals surface area contributed by atoms with Crippen molar-refractivity contribution in [1.29, 1.82) is 0 Å². The summed E-state index contributed by atoms with van der Waals surface area (Å²) in [5, 5.41) is 1.21. The smallest absolute Gasteiger partial charge is 0.254 e. The van der Waals surface area contributed by atoms with Crippen LogP contribution in [-0.2, 0) is 0 Å². The van der Waals surface area contributed by atoms with E-state index in [0.29, 0.717) is 0 Å². The van der Waals surface area contributed by atoms with Gasteiger partial charge in [-0.3, -0.25) is 4.79 Å². The van der Waals surface area contributed by atoms with Crippen molar-refractivity contribution in [3.05, 3.63) is 94.1 Å². The molecule has 0 saturated carbocycles. The summed E-state index contributed by atoms with van der Waals surface area (Å²) < 4.78 is 1.03. The number of benzene rings is 3. The van der Waals surface area contributed by atoms with Gasteiger partial charge in [0.25, 0.3) is 5.91 Å². The number of amides is 1. The van der Waals surface area contributed by atoms with Crippen LogP contribution in [0.5, 0.6) is 0 Å². The highest BCUT2D eigenvalue weighted by Gasteiger charge is 2.34. The number of nitrogens with one attached hydrogen (secondary N) is 1. The van der Waals surface area contributed by atoms with Crippen molar-refractivity contribution >= 4 is 32.7 Å². The fraction of sp³-hybridized carbons (Fsp3) is 0.192. The maximum atomic E-state index is 13.5. The molecule has 3 aromatic carbocycles. The second-order valence-electron chi connectivity index (χ2n) is 7.95. The first-order valence-electron chi connectivity index (χ1n) is 10.4. The highest BCUT2D eigenvalue weighted by Crippen LogP contribution is 2.42. The number of fused-ring (bicyclic) bond motifs is 1. The van der Waals surface area contributed by atoms with Gasteiger partial charge < -0.3 is 9.88 Å². The number of carbonyl (C=O) groups excluding carboxylic acids is 1. The first kappa shape index (κ1) is 19.1. The van der Waals surface area contributed by atoms with Gasteiger partial charge in [-0.1, -0.05) is 64.5 Å². The van der Waals surface area contributed by atoms with Crippen LogP contribution in [0.15, 0.2) is 77.3 Å². The Hall–Kier alpha value is -2.85. The Bertz CT molecular complexity index is 1230. The van der Waals surface area contributed by atoms with Gasteiger partial charge >= 0.3 is 0 Å². The van der Waals surface area contributed by atoms with E-state index >= 15 is 0 Å². The van der Waals surface area contributed by atoms with E-state index in [1.54, 1.807) is 0 Å². The zero-order valence-corrected chi connectivity index (χ0v) is 18.4. The van der Waals surface area contributed by atoms with Crippen LogP contribution in [0.3, 0.4) is 0 Å². The molecule has 3 nitrogen and oxygen atoms in total. The number of rotatable bonds is 3. The molecule has 0 radical (unpaired) electrons. The second-order valence-corrected chi connectivity index (χ2v) is 8.80. The van der Waals surface area contributed by atoms with E-state index in [1.807, 2.05) is 36.1 Å². The van der Waals surface area contributed by atoms with Gasteiger partial charge in [-0.05, 0) is 55.2 Å². The third-order valence-corrected chi connectivity index (χ3v) is 6.94. The molecule has 150 valence electrons. The third-order valence-electron chi connectivity index (χ3n) is 6.05. The maximum Gasteiger partial charge on any atom is 0.254 e. The van der Waals surface area contributed by atoms with Gasteiger partial charge in [-0.2, -0.15) is 0 Å². The zero-order chi connectivity index (χ0) is 20.7. The average Bonchev–Trinajstić information content (AvgIpc) is 3.40. The normalized spacial score (nSPS) is 16.3. The molecule has 1 atom stereocenters. The van der Waals surface area contributed by atoms with E-state index in [4.69, 9.17) is 0 Å². The van der Waals surface area contributed by atoms with Crippen molar-refractivity contribution < 1.29 is 4.79 Å². The van der Waals surface area contributed by atoms with E-state index in [0.717, 1.165) is 46.2 Å².